The van der Waals surface area contributed by atoms with Gasteiger partial charge in [0.15, 0.2) is 12.4 Å². The predicted octanol–water partition coefficient (Wildman–Crippen LogP) is 6.96. The van der Waals surface area contributed by atoms with E-state index in [4.69, 9.17) is 13.9 Å². The fourth-order valence-corrected chi connectivity index (χ4v) is 5.76. The first kappa shape index (κ1) is 30.6. The standard InChI is InChI=1S/C36H30F2N2O6/c1-20-16-28(45-19-30(42)44-3)25(26(41)18-36(13-14-36)29-6-4-5-15-40-29)17-24(20)23-11-12-27-31(33(23)38)32(35(43)39-2)34(46-27)21-7-9-22(37)10-8-21/h4-12,15-17H,13-14,18-19H2,1-3H3,(H,39,43). The number of carbonyl (C=O) groups excluding carboxylic acids is 3. The van der Waals surface area contributed by atoms with Gasteiger partial charge >= 0.3 is 5.97 Å². The minimum absolute atomic E-state index is 0.0403. The van der Waals surface area contributed by atoms with Crippen molar-refractivity contribution < 1.29 is 37.1 Å². The summed E-state index contributed by atoms with van der Waals surface area (Å²) in [5, 5.41) is 2.48. The number of nitrogens with zero attached hydrogens (tertiary/aromatic N) is 1. The number of nitrogens with one attached hydrogen (secondary N) is 1. The van der Waals surface area contributed by atoms with E-state index in [1.54, 1.807) is 31.3 Å². The summed E-state index contributed by atoms with van der Waals surface area (Å²) in [4.78, 5) is 43.4. The van der Waals surface area contributed by atoms with Crippen molar-refractivity contribution in [3.8, 4) is 28.2 Å². The zero-order valence-corrected chi connectivity index (χ0v) is 25.4. The van der Waals surface area contributed by atoms with E-state index in [1.807, 2.05) is 18.2 Å². The molecule has 1 aliphatic carbocycles. The van der Waals surface area contributed by atoms with Crippen LogP contribution in [-0.4, -0.2) is 43.4 Å². The summed E-state index contributed by atoms with van der Waals surface area (Å²) in [6.45, 7) is 1.31. The molecular weight excluding hydrogens is 594 g/mol. The quantitative estimate of drug-likeness (QED) is 0.132. The maximum Gasteiger partial charge on any atom is 0.343 e. The highest BCUT2D eigenvalue weighted by Gasteiger charge is 2.47. The smallest absolute Gasteiger partial charge is 0.343 e. The van der Waals surface area contributed by atoms with Crippen molar-refractivity contribution in [1.29, 1.82) is 0 Å². The number of pyridine rings is 1. The first-order chi connectivity index (χ1) is 22.2. The summed E-state index contributed by atoms with van der Waals surface area (Å²) in [7, 11) is 2.66. The molecule has 0 aliphatic heterocycles. The van der Waals surface area contributed by atoms with E-state index in [0.717, 1.165) is 18.5 Å². The number of fused-ring (bicyclic) bond motifs is 1. The maximum atomic E-state index is 16.6. The van der Waals surface area contributed by atoms with Gasteiger partial charge in [0, 0.05) is 41.9 Å². The van der Waals surface area contributed by atoms with Crippen molar-refractivity contribution in [3.63, 3.8) is 0 Å². The molecule has 1 saturated carbocycles. The zero-order chi connectivity index (χ0) is 32.6. The first-order valence-corrected chi connectivity index (χ1v) is 14.7. The fourth-order valence-electron chi connectivity index (χ4n) is 5.76. The Balaban J connectivity index is 1.48. The minimum atomic E-state index is -0.731. The van der Waals surface area contributed by atoms with E-state index in [9.17, 15) is 18.8 Å². The van der Waals surface area contributed by atoms with Crippen LogP contribution in [-0.2, 0) is 14.9 Å². The number of Topliss-reactive ketones (excluding diaryl/α,β-unsaturated/α-hetero) is 1. The Kier molecular flexibility index (Phi) is 8.12. The summed E-state index contributed by atoms with van der Waals surface area (Å²) < 4.78 is 46.7. The van der Waals surface area contributed by atoms with Gasteiger partial charge in [-0.25, -0.2) is 13.6 Å². The number of hydrogen-bond acceptors (Lipinski definition) is 7. The van der Waals surface area contributed by atoms with Gasteiger partial charge in [0.05, 0.1) is 23.6 Å². The van der Waals surface area contributed by atoms with Crippen LogP contribution in [0.1, 0.15) is 51.2 Å². The number of ether oxygens (including phenoxy) is 2. The molecule has 234 valence electrons. The number of benzene rings is 3. The van der Waals surface area contributed by atoms with Crippen LogP contribution < -0.4 is 10.1 Å². The van der Waals surface area contributed by atoms with Crippen molar-refractivity contribution in [3.05, 3.63) is 107 Å². The lowest BCUT2D eigenvalue weighted by atomic mass is 9.89. The van der Waals surface area contributed by atoms with Crippen molar-refractivity contribution in [2.75, 3.05) is 20.8 Å². The Labute approximate surface area is 263 Å². The normalized spacial score (nSPS) is 13.3. The second-order valence-electron chi connectivity index (χ2n) is 11.3. The summed E-state index contributed by atoms with van der Waals surface area (Å²) in [5.74, 6) is -2.40. The van der Waals surface area contributed by atoms with Crippen LogP contribution >= 0.6 is 0 Å². The number of amides is 1. The Morgan fingerprint density at radius 3 is 2.41 bits per heavy atom. The number of aryl methyl sites for hydroxylation is 1. The van der Waals surface area contributed by atoms with E-state index < -0.39 is 35.5 Å². The number of rotatable bonds is 10. The Bertz CT molecular complexity index is 1980. The van der Waals surface area contributed by atoms with E-state index in [2.05, 4.69) is 10.3 Å². The Hall–Kier alpha value is -5.38. The van der Waals surface area contributed by atoms with Gasteiger partial charge in [0.2, 0.25) is 0 Å². The van der Waals surface area contributed by atoms with Crippen molar-refractivity contribution >= 4 is 28.6 Å². The summed E-state index contributed by atoms with van der Waals surface area (Å²) >= 11 is 0. The van der Waals surface area contributed by atoms with Gasteiger partial charge in [-0.15, -0.1) is 0 Å². The van der Waals surface area contributed by atoms with Crippen LogP contribution in [0, 0.1) is 18.6 Å². The Morgan fingerprint density at radius 1 is 1.00 bits per heavy atom. The fraction of sp³-hybridized carbons (Fsp3) is 0.222. The first-order valence-electron chi connectivity index (χ1n) is 14.7. The second kappa shape index (κ2) is 12.2. The van der Waals surface area contributed by atoms with Gasteiger partial charge in [0.1, 0.15) is 28.7 Å². The molecule has 6 rings (SSSR count). The SMILES string of the molecule is CNC(=O)c1c(-c2ccc(F)cc2)oc2ccc(-c3cc(C(=O)CC4(c5ccccn5)CC4)c(OCC(=O)OC)cc3C)c(F)c12. The van der Waals surface area contributed by atoms with Gasteiger partial charge in [-0.2, -0.15) is 0 Å². The number of furan rings is 1. The Morgan fingerprint density at radius 2 is 1.76 bits per heavy atom. The third-order valence-electron chi connectivity index (χ3n) is 8.40. The third-order valence-corrected chi connectivity index (χ3v) is 8.40. The summed E-state index contributed by atoms with van der Waals surface area (Å²) in [5.41, 5.74) is 2.14. The molecule has 1 N–H and O–H groups in total. The van der Waals surface area contributed by atoms with E-state index >= 15 is 4.39 Å². The van der Waals surface area contributed by atoms with Crippen LogP contribution in [0.4, 0.5) is 8.78 Å². The molecule has 5 aromatic rings. The van der Waals surface area contributed by atoms with Crippen molar-refractivity contribution in [1.82, 2.24) is 10.3 Å². The molecule has 2 heterocycles. The summed E-state index contributed by atoms with van der Waals surface area (Å²) in [6.07, 6.45) is 3.42. The predicted molar refractivity (Wildman–Crippen MR) is 167 cm³/mol. The zero-order valence-electron chi connectivity index (χ0n) is 25.4. The van der Waals surface area contributed by atoms with E-state index in [0.29, 0.717) is 16.7 Å². The van der Waals surface area contributed by atoms with Gasteiger partial charge in [-0.1, -0.05) is 6.07 Å². The molecule has 0 spiro atoms. The van der Waals surface area contributed by atoms with E-state index in [1.165, 1.54) is 44.5 Å². The molecule has 8 nitrogen and oxygen atoms in total. The molecule has 0 saturated heterocycles. The monoisotopic (exact) mass is 624 g/mol. The highest BCUT2D eigenvalue weighted by Crippen LogP contribution is 2.51. The second-order valence-corrected chi connectivity index (χ2v) is 11.3. The van der Waals surface area contributed by atoms with Crippen LogP contribution in [0.15, 0.2) is 77.3 Å². The topological polar surface area (TPSA) is 108 Å². The minimum Gasteiger partial charge on any atom is -0.481 e. The average molecular weight is 625 g/mol. The van der Waals surface area contributed by atoms with Gasteiger partial charge in [0.25, 0.3) is 5.91 Å². The largest absolute Gasteiger partial charge is 0.481 e. The number of esters is 1. The van der Waals surface area contributed by atoms with Crippen LogP contribution in [0.2, 0.25) is 0 Å². The highest BCUT2D eigenvalue weighted by molar-refractivity contribution is 6.12. The lowest BCUT2D eigenvalue weighted by Gasteiger charge is -2.18. The molecule has 0 bridgehead atoms. The number of aromatic nitrogens is 1. The van der Waals surface area contributed by atoms with Gasteiger partial charge in [-0.3, -0.25) is 14.6 Å². The number of carbonyl (C=O) groups is 3. The highest BCUT2D eigenvalue weighted by atomic mass is 19.1. The molecule has 1 fully saturated rings. The third kappa shape index (κ3) is 5.62. The molecule has 0 unspecified atom stereocenters. The molecule has 10 heteroatoms. The van der Waals surface area contributed by atoms with E-state index in [-0.39, 0.29) is 51.4 Å². The molecule has 2 aromatic heterocycles. The molecule has 1 aliphatic rings. The lowest BCUT2D eigenvalue weighted by Crippen LogP contribution is -2.18. The van der Waals surface area contributed by atoms with Crippen molar-refractivity contribution in [2.24, 2.45) is 0 Å². The van der Waals surface area contributed by atoms with Gasteiger partial charge < -0.3 is 19.2 Å². The average Bonchev–Trinajstić information content (AvgIpc) is 3.74. The van der Waals surface area contributed by atoms with Crippen molar-refractivity contribution in [2.45, 2.75) is 31.6 Å². The van der Waals surface area contributed by atoms with Crippen LogP contribution in [0.25, 0.3) is 33.4 Å². The van der Waals surface area contributed by atoms with Crippen LogP contribution in [0.5, 0.6) is 5.75 Å². The molecular formula is C36H30F2N2O6. The number of methoxy groups -OCH3 is 1. The maximum absolute atomic E-state index is 16.6. The molecule has 0 radical (unpaired) electrons. The lowest BCUT2D eigenvalue weighted by molar-refractivity contribution is -0.142. The molecule has 46 heavy (non-hydrogen) atoms. The molecule has 3 aromatic carbocycles. The van der Waals surface area contributed by atoms with Crippen LogP contribution in [0.3, 0.4) is 0 Å². The number of halogens is 2. The number of ketones is 1. The van der Waals surface area contributed by atoms with Gasteiger partial charge in [-0.05, 0) is 91.6 Å². The summed E-state index contributed by atoms with van der Waals surface area (Å²) in [6, 6.07) is 17.2. The number of hydrogen-bond donors (Lipinski definition) is 1. The molecule has 0 atom stereocenters. The molecule has 1 amide bonds.